The Balaban J connectivity index is 3.09. The zero-order valence-corrected chi connectivity index (χ0v) is 13.7. The van der Waals surface area contributed by atoms with Gasteiger partial charge in [-0.05, 0) is 52.3 Å². The number of hydrogen-bond donors (Lipinski definition) is 2. The molecule has 6 heteroatoms. The number of carbonyl (C=O) groups is 2. The molecule has 0 saturated carbocycles. The third-order valence-electron chi connectivity index (χ3n) is 2.92. The Hall–Kier alpha value is -2.24. The topological polar surface area (TPSA) is 90.6 Å². The molecular formula is C16H24N2O4. The average Bonchev–Trinajstić information content (AvgIpc) is 2.37. The summed E-state index contributed by atoms with van der Waals surface area (Å²) < 4.78 is 10.3. The number of hydrogen-bond acceptors (Lipinski definition) is 5. The first-order chi connectivity index (χ1) is 10.1. The van der Waals surface area contributed by atoms with Crippen molar-refractivity contribution in [3.63, 3.8) is 0 Å². The van der Waals surface area contributed by atoms with E-state index >= 15 is 0 Å². The fraction of sp³-hybridized carbons (Fsp3) is 0.500. The summed E-state index contributed by atoms with van der Waals surface area (Å²) in [6, 6.07) is 6.65. The van der Waals surface area contributed by atoms with Gasteiger partial charge in [-0.25, -0.2) is 9.59 Å². The van der Waals surface area contributed by atoms with Crippen LogP contribution in [0.1, 0.15) is 40.2 Å². The van der Waals surface area contributed by atoms with Gasteiger partial charge in [-0.1, -0.05) is 12.1 Å². The van der Waals surface area contributed by atoms with Crippen molar-refractivity contribution in [1.82, 2.24) is 5.32 Å². The predicted molar refractivity (Wildman–Crippen MR) is 84.2 cm³/mol. The largest absolute Gasteiger partial charge is 0.464 e. The first-order valence-electron chi connectivity index (χ1n) is 7.13. The molecule has 0 heterocycles. The van der Waals surface area contributed by atoms with Crippen LogP contribution in [0.25, 0.3) is 0 Å². The molecule has 1 rings (SSSR count). The van der Waals surface area contributed by atoms with E-state index in [1.807, 2.05) is 0 Å². The Morgan fingerprint density at radius 2 is 1.68 bits per heavy atom. The number of rotatable bonds is 4. The van der Waals surface area contributed by atoms with Gasteiger partial charge in [0.2, 0.25) is 0 Å². The molecule has 122 valence electrons. The second-order valence-electron chi connectivity index (χ2n) is 6.09. The standard InChI is InChI=1S/C16H24N2O4/c1-6-21-13(19)16(5,11-7-9-12(17)10-8-11)18-14(20)22-15(2,3)4/h7-10H,6,17H2,1-5H3,(H,18,20). The molecule has 1 unspecified atom stereocenters. The second-order valence-corrected chi connectivity index (χ2v) is 6.09. The summed E-state index contributed by atoms with van der Waals surface area (Å²) in [6.45, 7) is 8.72. The second kappa shape index (κ2) is 6.68. The van der Waals surface area contributed by atoms with Crippen LogP contribution in [0.3, 0.4) is 0 Å². The summed E-state index contributed by atoms with van der Waals surface area (Å²) in [5, 5.41) is 2.59. The Labute approximate surface area is 131 Å². The van der Waals surface area contributed by atoms with Gasteiger partial charge in [-0.2, -0.15) is 0 Å². The predicted octanol–water partition coefficient (Wildman–Crippen LogP) is 2.57. The number of anilines is 1. The van der Waals surface area contributed by atoms with Crippen molar-refractivity contribution in [2.45, 2.75) is 45.8 Å². The third-order valence-corrected chi connectivity index (χ3v) is 2.92. The van der Waals surface area contributed by atoms with Crippen LogP contribution in [0, 0.1) is 0 Å². The van der Waals surface area contributed by atoms with Crippen LogP contribution in [-0.4, -0.2) is 24.3 Å². The summed E-state index contributed by atoms with van der Waals surface area (Å²) in [5.74, 6) is -0.564. The fourth-order valence-electron chi connectivity index (χ4n) is 1.84. The molecule has 1 atom stereocenters. The summed E-state index contributed by atoms with van der Waals surface area (Å²) in [5.41, 5.74) is 4.76. The van der Waals surface area contributed by atoms with E-state index < -0.39 is 23.2 Å². The molecule has 0 aliphatic carbocycles. The van der Waals surface area contributed by atoms with E-state index in [2.05, 4.69) is 5.32 Å². The van der Waals surface area contributed by atoms with Crippen LogP contribution in [-0.2, 0) is 19.8 Å². The molecule has 0 bridgehead atoms. The highest BCUT2D eigenvalue weighted by atomic mass is 16.6. The summed E-state index contributed by atoms with van der Waals surface area (Å²) >= 11 is 0. The van der Waals surface area contributed by atoms with Gasteiger partial charge in [-0.3, -0.25) is 0 Å². The molecule has 1 aromatic rings. The number of nitrogens with one attached hydrogen (secondary N) is 1. The van der Waals surface area contributed by atoms with Crippen LogP contribution >= 0.6 is 0 Å². The van der Waals surface area contributed by atoms with Crippen LogP contribution in [0.4, 0.5) is 10.5 Å². The normalized spacial score (nSPS) is 13.9. The number of carbonyl (C=O) groups excluding carboxylic acids is 2. The lowest BCUT2D eigenvalue weighted by molar-refractivity contribution is -0.151. The minimum atomic E-state index is -1.36. The maximum absolute atomic E-state index is 12.3. The van der Waals surface area contributed by atoms with Gasteiger partial charge in [-0.15, -0.1) is 0 Å². The van der Waals surface area contributed by atoms with Gasteiger partial charge < -0.3 is 20.5 Å². The lowest BCUT2D eigenvalue weighted by Gasteiger charge is -2.30. The Bertz CT molecular complexity index is 534. The van der Waals surface area contributed by atoms with Crippen molar-refractivity contribution in [1.29, 1.82) is 0 Å². The Morgan fingerprint density at radius 1 is 1.14 bits per heavy atom. The van der Waals surface area contributed by atoms with E-state index in [9.17, 15) is 9.59 Å². The summed E-state index contributed by atoms with van der Waals surface area (Å²) in [4.78, 5) is 24.4. The third kappa shape index (κ3) is 4.65. The first kappa shape index (κ1) is 17.8. The van der Waals surface area contributed by atoms with Crippen LogP contribution in [0.2, 0.25) is 0 Å². The molecule has 0 radical (unpaired) electrons. The molecule has 0 aliphatic heterocycles. The van der Waals surface area contributed by atoms with Crippen LogP contribution in [0.15, 0.2) is 24.3 Å². The number of amides is 1. The van der Waals surface area contributed by atoms with Gasteiger partial charge >= 0.3 is 12.1 Å². The van der Waals surface area contributed by atoms with Gasteiger partial charge in [0.05, 0.1) is 6.61 Å². The van der Waals surface area contributed by atoms with Crippen molar-refractivity contribution in [2.75, 3.05) is 12.3 Å². The van der Waals surface area contributed by atoms with E-state index in [0.29, 0.717) is 11.3 Å². The average molecular weight is 308 g/mol. The molecule has 0 aromatic heterocycles. The van der Waals surface area contributed by atoms with E-state index in [1.165, 1.54) is 0 Å². The molecule has 6 nitrogen and oxygen atoms in total. The number of alkyl carbamates (subject to hydrolysis) is 1. The minimum absolute atomic E-state index is 0.208. The molecule has 1 amide bonds. The zero-order valence-electron chi connectivity index (χ0n) is 13.7. The molecule has 3 N–H and O–H groups in total. The highest BCUT2D eigenvalue weighted by Gasteiger charge is 2.39. The lowest BCUT2D eigenvalue weighted by Crippen LogP contribution is -2.51. The monoisotopic (exact) mass is 308 g/mol. The highest BCUT2D eigenvalue weighted by Crippen LogP contribution is 2.24. The van der Waals surface area contributed by atoms with Crippen molar-refractivity contribution in [3.8, 4) is 0 Å². The first-order valence-corrected chi connectivity index (χ1v) is 7.13. The van der Waals surface area contributed by atoms with E-state index in [4.69, 9.17) is 15.2 Å². The summed E-state index contributed by atoms with van der Waals surface area (Å²) in [7, 11) is 0. The van der Waals surface area contributed by atoms with Crippen molar-refractivity contribution >= 4 is 17.7 Å². The van der Waals surface area contributed by atoms with E-state index in [-0.39, 0.29) is 6.61 Å². The quantitative estimate of drug-likeness (QED) is 0.659. The van der Waals surface area contributed by atoms with Gasteiger partial charge in [0, 0.05) is 5.69 Å². The number of esters is 1. The maximum Gasteiger partial charge on any atom is 0.408 e. The number of nitrogen functional groups attached to an aromatic ring is 1. The molecular weight excluding hydrogens is 284 g/mol. The van der Waals surface area contributed by atoms with Crippen molar-refractivity contribution in [2.24, 2.45) is 0 Å². The fourth-order valence-corrected chi connectivity index (χ4v) is 1.84. The molecule has 0 fully saturated rings. The van der Waals surface area contributed by atoms with Crippen molar-refractivity contribution in [3.05, 3.63) is 29.8 Å². The van der Waals surface area contributed by atoms with Crippen LogP contribution in [0.5, 0.6) is 0 Å². The van der Waals surface area contributed by atoms with Crippen molar-refractivity contribution < 1.29 is 19.1 Å². The number of nitrogens with two attached hydrogens (primary N) is 1. The van der Waals surface area contributed by atoms with E-state index in [1.54, 1.807) is 58.9 Å². The van der Waals surface area contributed by atoms with Gasteiger partial charge in [0.15, 0.2) is 5.54 Å². The number of benzene rings is 1. The van der Waals surface area contributed by atoms with E-state index in [0.717, 1.165) is 0 Å². The van der Waals surface area contributed by atoms with Gasteiger partial charge in [0.25, 0.3) is 0 Å². The zero-order chi connectivity index (χ0) is 17.0. The number of ether oxygens (including phenoxy) is 2. The Morgan fingerprint density at radius 3 is 2.14 bits per heavy atom. The molecule has 22 heavy (non-hydrogen) atoms. The SMILES string of the molecule is CCOC(=O)C(C)(NC(=O)OC(C)(C)C)c1ccc(N)cc1. The van der Waals surface area contributed by atoms with Gasteiger partial charge in [0.1, 0.15) is 5.60 Å². The Kier molecular flexibility index (Phi) is 5.41. The molecule has 0 spiro atoms. The molecule has 0 aliphatic rings. The molecule has 1 aromatic carbocycles. The smallest absolute Gasteiger partial charge is 0.408 e. The summed E-state index contributed by atoms with van der Waals surface area (Å²) in [6.07, 6.45) is -0.695. The maximum atomic E-state index is 12.3. The lowest BCUT2D eigenvalue weighted by atomic mass is 9.92. The molecule has 0 saturated heterocycles. The minimum Gasteiger partial charge on any atom is -0.464 e. The van der Waals surface area contributed by atoms with Crippen LogP contribution < -0.4 is 11.1 Å². The highest BCUT2D eigenvalue weighted by molar-refractivity contribution is 5.87.